The highest BCUT2D eigenvalue weighted by Crippen LogP contribution is 2.23. The van der Waals surface area contributed by atoms with E-state index in [-0.39, 0.29) is 12.1 Å². The van der Waals surface area contributed by atoms with Gasteiger partial charge in [-0.2, -0.15) is 9.78 Å². The number of fused-ring (bicyclic) bond motifs is 1. The predicted molar refractivity (Wildman–Crippen MR) is 93.3 cm³/mol. The van der Waals surface area contributed by atoms with Crippen LogP contribution in [0.15, 0.2) is 36.2 Å². The van der Waals surface area contributed by atoms with Gasteiger partial charge in [0.2, 0.25) is 0 Å². The lowest BCUT2D eigenvalue weighted by Crippen LogP contribution is -2.52. The molecule has 9 heteroatoms. The zero-order valence-corrected chi connectivity index (χ0v) is 13.9. The van der Waals surface area contributed by atoms with E-state index in [0.717, 1.165) is 30.7 Å². The molecule has 2 aromatic rings. The Bertz CT molecular complexity index is 840. The minimum atomic E-state index is -0.611. The van der Waals surface area contributed by atoms with E-state index in [0.29, 0.717) is 5.52 Å². The van der Waals surface area contributed by atoms with Crippen molar-refractivity contribution >= 4 is 22.6 Å². The van der Waals surface area contributed by atoms with E-state index in [2.05, 4.69) is 27.8 Å². The monoisotopic (exact) mass is 343 g/mol. The number of benzene rings is 1. The molecule has 1 amide bonds. The molecule has 1 fully saturated rings. The van der Waals surface area contributed by atoms with Crippen LogP contribution in [0.1, 0.15) is 6.92 Å². The Labute approximate surface area is 144 Å². The summed E-state index contributed by atoms with van der Waals surface area (Å²) in [7, 11) is 0. The van der Waals surface area contributed by atoms with E-state index in [1.807, 2.05) is 29.5 Å². The molecule has 5 N–H and O–H groups in total. The lowest BCUT2D eigenvalue weighted by atomic mass is 10.1. The number of hydrogen-bond donors (Lipinski definition) is 4. The standard InChI is InChI=1S/C16H21N7O2/c1-10-12(7-21-8-14(24)9-21)6-19-23(10)20-13-3-2-11-5-18-22(16(17)25)15(11)4-13/h2-6,10,14,19-20,24H,7-9H2,1H3,(H2,17,25). The molecule has 2 aliphatic heterocycles. The summed E-state index contributed by atoms with van der Waals surface area (Å²) in [4.78, 5) is 13.6. The molecule has 1 aromatic heterocycles. The Morgan fingerprint density at radius 1 is 1.48 bits per heavy atom. The Morgan fingerprint density at radius 2 is 2.28 bits per heavy atom. The van der Waals surface area contributed by atoms with Gasteiger partial charge in [0.05, 0.1) is 29.5 Å². The van der Waals surface area contributed by atoms with Crippen molar-refractivity contribution in [3.05, 3.63) is 36.2 Å². The average molecular weight is 343 g/mol. The number of hydrogen-bond acceptors (Lipinski definition) is 7. The second kappa shape index (κ2) is 6.03. The molecule has 1 saturated heterocycles. The van der Waals surface area contributed by atoms with Crippen molar-refractivity contribution in [2.75, 3.05) is 25.1 Å². The van der Waals surface area contributed by atoms with Crippen molar-refractivity contribution in [2.45, 2.75) is 19.1 Å². The van der Waals surface area contributed by atoms with E-state index >= 15 is 0 Å². The number of rotatable bonds is 4. The van der Waals surface area contributed by atoms with E-state index in [9.17, 15) is 9.90 Å². The maximum absolute atomic E-state index is 11.4. The van der Waals surface area contributed by atoms with Crippen LogP contribution in [0.5, 0.6) is 0 Å². The number of carbonyl (C=O) groups excluding carboxylic acids is 1. The first kappa shape index (κ1) is 15.9. The molecule has 132 valence electrons. The van der Waals surface area contributed by atoms with Crippen molar-refractivity contribution in [3.8, 4) is 0 Å². The van der Waals surface area contributed by atoms with E-state index in [1.165, 1.54) is 10.3 Å². The van der Waals surface area contributed by atoms with E-state index in [4.69, 9.17) is 5.73 Å². The molecule has 3 heterocycles. The molecule has 25 heavy (non-hydrogen) atoms. The van der Waals surface area contributed by atoms with Gasteiger partial charge in [-0.1, -0.05) is 0 Å². The Balaban J connectivity index is 1.45. The zero-order chi connectivity index (χ0) is 17.6. The Morgan fingerprint density at radius 3 is 3.00 bits per heavy atom. The van der Waals surface area contributed by atoms with Crippen LogP contribution in [0.2, 0.25) is 0 Å². The van der Waals surface area contributed by atoms with Crippen molar-refractivity contribution in [2.24, 2.45) is 5.73 Å². The second-order valence-electron chi connectivity index (χ2n) is 6.52. The summed E-state index contributed by atoms with van der Waals surface area (Å²) in [5.41, 5.74) is 14.6. The Kier molecular flexibility index (Phi) is 3.83. The maximum Gasteiger partial charge on any atom is 0.340 e. The molecule has 0 radical (unpaired) electrons. The molecule has 9 nitrogen and oxygen atoms in total. The molecular weight excluding hydrogens is 322 g/mol. The van der Waals surface area contributed by atoms with Crippen molar-refractivity contribution < 1.29 is 9.90 Å². The summed E-state index contributed by atoms with van der Waals surface area (Å²) < 4.78 is 1.18. The first-order chi connectivity index (χ1) is 12.0. The average Bonchev–Trinajstić information content (AvgIpc) is 3.11. The van der Waals surface area contributed by atoms with Gasteiger partial charge in [0.15, 0.2) is 0 Å². The minimum Gasteiger partial charge on any atom is -0.390 e. The molecule has 1 aromatic carbocycles. The minimum absolute atomic E-state index is 0.148. The molecule has 0 saturated carbocycles. The van der Waals surface area contributed by atoms with Crippen LogP contribution in [0.3, 0.4) is 0 Å². The number of hydrazine groups is 2. The van der Waals surface area contributed by atoms with Crippen LogP contribution in [0, 0.1) is 0 Å². The molecule has 4 rings (SSSR count). The van der Waals surface area contributed by atoms with Gasteiger partial charge in [-0.05, 0) is 30.7 Å². The van der Waals surface area contributed by atoms with Gasteiger partial charge < -0.3 is 21.7 Å². The topological polar surface area (TPSA) is 112 Å². The van der Waals surface area contributed by atoms with Crippen LogP contribution < -0.4 is 16.6 Å². The van der Waals surface area contributed by atoms with Crippen molar-refractivity contribution in [3.63, 3.8) is 0 Å². The molecule has 0 bridgehead atoms. The van der Waals surface area contributed by atoms with Gasteiger partial charge in [-0.3, -0.25) is 4.90 Å². The Hall–Kier alpha value is -2.62. The van der Waals surface area contributed by atoms with Crippen LogP contribution in [0.25, 0.3) is 10.9 Å². The highest BCUT2D eigenvalue weighted by atomic mass is 16.3. The van der Waals surface area contributed by atoms with Crippen LogP contribution >= 0.6 is 0 Å². The van der Waals surface area contributed by atoms with Gasteiger partial charge in [0.25, 0.3) is 0 Å². The molecule has 0 aliphatic carbocycles. The third-order valence-electron chi connectivity index (χ3n) is 4.69. The number of likely N-dealkylation sites (tertiary alicyclic amines) is 1. The lowest BCUT2D eigenvalue weighted by molar-refractivity contribution is 0.00706. The van der Waals surface area contributed by atoms with E-state index < -0.39 is 6.03 Å². The third kappa shape index (κ3) is 2.93. The van der Waals surface area contributed by atoms with Gasteiger partial charge in [-0.25, -0.2) is 4.79 Å². The third-order valence-corrected chi connectivity index (χ3v) is 4.69. The summed E-state index contributed by atoms with van der Waals surface area (Å²) >= 11 is 0. The molecule has 0 spiro atoms. The maximum atomic E-state index is 11.4. The molecular formula is C16H21N7O2. The van der Waals surface area contributed by atoms with Crippen molar-refractivity contribution in [1.29, 1.82) is 0 Å². The predicted octanol–water partition coefficient (Wildman–Crippen LogP) is 0.0591. The number of nitrogens with zero attached hydrogens (tertiary/aromatic N) is 4. The summed E-state index contributed by atoms with van der Waals surface area (Å²) in [6, 6.07) is 5.19. The molecule has 2 aliphatic rings. The van der Waals surface area contributed by atoms with Gasteiger partial charge in [-0.15, -0.1) is 5.12 Å². The number of nitrogens with one attached hydrogen (secondary N) is 2. The summed E-state index contributed by atoms with van der Waals surface area (Å²) in [6.07, 6.45) is 3.40. The largest absolute Gasteiger partial charge is 0.390 e. The second-order valence-corrected chi connectivity index (χ2v) is 6.52. The number of carbonyl (C=O) groups is 1. The first-order valence-electron chi connectivity index (χ1n) is 8.20. The number of amides is 1. The van der Waals surface area contributed by atoms with Gasteiger partial charge >= 0.3 is 6.03 Å². The lowest BCUT2D eigenvalue weighted by Gasteiger charge is -2.37. The van der Waals surface area contributed by atoms with E-state index in [1.54, 1.807) is 6.20 Å². The van der Waals surface area contributed by atoms with Gasteiger partial charge in [0.1, 0.15) is 0 Å². The molecule has 1 unspecified atom stereocenters. The molecule has 1 atom stereocenters. The highest BCUT2D eigenvalue weighted by Gasteiger charge is 2.30. The fraction of sp³-hybridized carbons (Fsp3) is 0.375. The number of nitrogens with two attached hydrogens (primary N) is 1. The van der Waals surface area contributed by atoms with Gasteiger partial charge in [0, 0.05) is 31.2 Å². The quantitative estimate of drug-likeness (QED) is 0.621. The number of β-amino-alcohol motifs (C(OH)–C–C–N with tert-alkyl or cyclic N) is 1. The number of anilines is 1. The fourth-order valence-electron chi connectivity index (χ4n) is 3.19. The number of aromatic nitrogens is 2. The normalized spacial score (nSPS) is 21.8. The first-order valence-corrected chi connectivity index (χ1v) is 8.20. The summed E-state index contributed by atoms with van der Waals surface area (Å²) in [5, 5.41) is 16.1. The number of primary amides is 1. The highest BCUT2D eigenvalue weighted by molar-refractivity contribution is 5.90. The van der Waals surface area contributed by atoms with Crippen LogP contribution in [0.4, 0.5) is 10.5 Å². The number of aliphatic hydroxyl groups is 1. The SMILES string of the molecule is CC1C(CN2CC(O)C2)=CNN1Nc1ccc2cnn(C(N)=O)c2c1. The smallest absolute Gasteiger partial charge is 0.340 e. The summed E-state index contributed by atoms with van der Waals surface area (Å²) in [6.45, 7) is 4.38. The van der Waals surface area contributed by atoms with Crippen molar-refractivity contribution in [1.82, 2.24) is 25.2 Å². The zero-order valence-electron chi connectivity index (χ0n) is 13.9. The fourth-order valence-corrected chi connectivity index (χ4v) is 3.19. The number of aliphatic hydroxyl groups excluding tert-OH is 1. The van der Waals surface area contributed by atoms with Crippen LogP contribution in [-0.4, -0.2) is 62.7 Å². The summed E-state index contributed by atoms with van der Waals surface area (Å²) in [5.74, 6) is 0. The van der Waals surface area contributed by atoms with Crippen LogP contribution in [-0.2, 0) is 0 Å².